The van der Waals surface area contributed by atoms with Gasteiger partial charge in [-0.2, -0.15) is 5.10 Å². The molecule has 0 saturated carbocycles. The van der Waals surface area contributed by atoms with Gasteiger partial charge in [-0.25, -0.2) is 4.68 Å². The van der Waals surface area contributed by atoms with Crippen LogP contribution >= 0.6 is 23.2 Å². The summed E-state index contributed by atoms with van der Waals surface area (Å²) < 4.78 is 1.66. The fraction of sp³-hybridized carbons (Fsp3) is 0.0833. The molecule has 0 fully saturated rings. The number of hydrogen-bond donors (Lipinski definition) is 1. The molecule has 0 bridgehead atoms. The number of hydrogen-bond acceptors (Lipinski definition) is 2. The van der Waals surface area contributed by atoms with Crippen molar-refractivity contribution in [2.75, 3.05) is 5.32 Å². The number of halogens is 2. The van der Waals surface area contributed by atoms with Crippen LogP contribution in [0.5, 0.6) is 0 Å². The summed E-state index contributed by atoms with van der Waals surface area (Å²) in [6, 6.07) is 5.44. The summed E-state index contributed by atoms with van der Waals surface area (Å²) >= 11 is 11.8. The van der Waals surface area contributed by atoms with Crippen LogP contribution in [-0.4, -0.2) is 9.78 Å². The molecule has 0 unspecified atom stereocenters. The lowest BCUT2D eigenvalue weighted by atomic mass is 10.3. The molecule has 5 heteroatoms. The predicted octanol–water partition coefficient (Wildman–Crippen LogP) is 3.90. The minimum absolute atomic E-state index is 0.540. The van der Waals surface area contributed by atoms with Gasteiger partial charge in [-0.1, -0.05) is 29.8 Å². The zero-order valence-corrected chi connectivity index (χ0v) is 10.5. The molecule has 3 nitrogen and oxygen atoms in total. The third-order valence-electron chi connectivity index (χ3n) is 2.26. The lowest BCUT2D eigenvalue weighted by Gasteiger charge is -2.05. The molecule has 0 amide bonds. The van der Waals surface area contributed by atoms with E-state index in [4.69, 9.17) is 23.2 Å². The molecule has 88 valence electrons. The first-order valence-electron chi connectivity index (χ1n) is 5.03. The van der Waals surface area contributed by atoms with Gasteiger partial charge in [0.1, 0.15) is 0 Å². The Kier molecular flexibility index (Phi) is 3.71. The summed E-state index contributed by atoms with van der Waals surface area (Å²) in [5.41, 5.74) is 1.99. The van der Waals surface area contributed by atoms with E-state index in [1.54, 1.807) is 29.2 Å². The van der Waals surface area contributed by atoms with E-state index in [1.807, 2.05) is 12.3 Å². The van der Waals surface area contributed by atoms with E-state index in [1.165, 1.54) is 0 Å². The summed E-state index contributed by atoms with van der Waals surface area (Å²) in [6.45, 7) is 4.30. The Morgan fingerprint density at radius 3 is 2.82 bits per heavy atom. The quantitative estimate of drug-likeness (QED) is 0.911. The summed E-state index contributed by atoms with van der Waals surface area (Å²) in [5, 5.41) is 8.42. The second-order valence-corrected chi connectivity index (χ2v) is 4.31. The Morgan fingerprint density at radius 2 is 2.18 bits per heavy atom. The van der Waals surface area contributed by atoms with Crippen LogP contribution in [0.25, 0.3) is 6.20 Å². The lowest BCUT2D eigenvalue weighted by Crippen LogP contribution is -1.98. The van der Waals surface area contributed by atoms with Crippen LogP contribution < -0.4 is 5.32 Å². The summed E-state index contributed by atoms with van der Waals surface area (Å²) in [5.74, 6) is 0. The number of benzene rings is 1. The normalized spacial score (nSPS) is 10.2. The van der Waals surface area contributed by atoms with Gasteiger partial charge < -0.3 is 5.32 Å². The van der Waals surface area contributed by atoms with Gasteiger partial charge in [0, 0.05) is 30.2 Å². The van der Waals surface area contributed by atoms with Crippen LogP contribution in [0.15, 0.2) is 37.2 Å². The molecule has 0 spiro atoms. The topological polar surface area (TPSA) is 29.9 Å². The molecular formula is C12H11Cl2N3. The molecule has 1 aromatic carbocycles. The highest BCUT2D eigenvalue weighted by molar-refractivity contribution is 6.42. The fourth-order valence-electron chi connectivity index (χ4n) is 1.38. The van der Waals surface area contributed by atoms with E-state index in [9.17, 15) is 0 Å². The second-order valence-electron chi connectivity index (χ2n) is 3.49. The van der Waals surface area contributed by atoms with E-state index in [-0.39, 0.29) is 0 Å². The largest absolute Gasteiger partial charge is 0.381 e. The van der Waals surface area contributed by atoms with E-state index in [2.05, 4.69) is 17.0 Å². The minimum Gasteiger partial charge on any atom is -0.381 e. The van der Waals surface area contributed by atoms with Crippen molar-refractivity contribution in [1.29, 1.82) is 0 Å². The number of rotatable bonds is 4. The van der Waals surface area contributed by atoms with Crippen molar-refractivity contribution in [2.45, 2.75) is 6.54 Å². The van der Waals surface area contributed by atoms with Gasteiger partial charge in [0.25, 0.3) is 0 Å². The molecule has 1 aromatic heterocycles. The van der Waals surface area contributed by atoms with Crippen LogP contribution in [0.1, 0.15) is 5.56 Å². The zero-order chi connectivity index (χ0) is 12.3. The van der Waals surface area contributed by atoms with E-state index in [0.29, 0.717) is 16.6 Å². The average Bonchev–Trinajstić information content (AvgIpc) is 2.79. The third kappa shape index (κ3) is 3.02. The van der Waals surface area contributed by atoms with Crippen LogP contribution in [0, 0.1) is 0 Å². The van der Waals surface area contributed by atoms with Crippen LogP contribution in [0.3, 0.4) is 0 Å². The number of aromatic nitrogens is 2. The van der Waals surface area contributed by atoms with Gasteiger partial charge in [-0.05, 0) is 18.2 Å². The van der Waals surface area contributed by atoms with Crippen molar-refractivity contribution >= 4 is 35.1 Å². The highest BCUT2D eigenvalue weighted by Crippen LogP contribution is 2.25. The van der Waals surface area contributed by atoms with Gasteiger partial charge in [-0.15, -0.1) is 0 Å². The van der Waals surface area contributed by atoms with E-state index in [0.717, 1.165) is 11.3 Å². The highest BCUT2D eigenvalue weighted by atomic mass is 35.5. The van der Waals surface area contributed by atoms with Crippen molar-refractivity contribution in [3.05, 3.63) is 52.8 Å². The van der Waals surface area contributed by atoms with Gasteiger partial charge in [0.15, 0.2) is 0 Å². The monoisotopic (exact) mass is 267 g/mol. The van der Waals surface area contributed by atoms with Gasteiger partial charge in [0.2, 0.25) is 0 Å². The summed E-state index contributed by atoms with van der Waals surface area (Å²) in [7, 11) is 0. The van der Waals surface area contributed by atoms with Crippen molar-refractivity contribution in [2.24, 2.45) is 0 Å². The molecule has 1 heterocycles. The molecule has 0 aliphatic heterocycles. The van der Waals surface area contributed by atoms with Crippen LogP contribution in [-0.2, 0) is 6.54 Å². The smallest absolute Gasteiger partial charge is 0.0612 e. The highest BCUT2D eigenvalue weighted by Gasteiger charge is 2.00. The Balaban J connectivity index is 2.01. The van der Waals surface area contributed by atoms with E-state index >= 15 is 0 Å². The standard InChI is InChI=1S/C12H11Cl2N3/c1-2-17-8-9(7-16-17)6-15-10-3-4-11(13)12(14)5-10/h2-5,7-8,15H,1,6H2. The maximum Gasteiger partial charge on any atom is 0.0612 e. The van der Waals surface area contributed by atoms with Crippen molar-refractivity contribution < 1.29 is 0 Å². The Bertz CT molecular complexity index is 534. The van der Waals surface area contributed by atoms with Gasteiger partial charge in [-0.3, -0.25) is 0 Å². The summed E-state index contributed by atoms with van der Waals surface area (Å²) in [6.07, 6.45) is 5.33. The van der Waals surface area contributed by atoms with Crippen molar-refractivity contribution in [3.63, 3.8) is 0 Å². The first-order chi connectivity index (χ1) is 8.19. The molecule has 0 atom stereocenters. The minimum atomic E-state index is 0.540. The maximum absolute atomic E-state index is 5.92. The molecule has 1 N–H and O–H groups in total. The van der Waals surface area contributed by atoms with E-state index < -0.39 is 0 Å². The second kappa shape index (κ2) is 5.25. The first-order valence-corrected chi connectivity index (χ1v) is 5.79. The zero-order valence-electron chi connectivity index (χ0n) is 9.03. The average molecular weight is 268 g/mol. The SMILES string of the molecule is C=Cn1cc(CNc2ccc(Cl)c(Cl)c2)cn1. The molecule has 17 heavy (non-hydrogen) atoms. The third-order valence-corrected chi connectivity index (χ3v) is 3.00. The van der Waals surface area contributed by atoms with Crippen molar-refractivity contribution in [3.8, 4) is 0 Å². The van der Waals surface area contributed by atoms with Gasteiger partial charge >= 0.3 is 0 Å². The summed E-state index contributed by atoms with van der Waals surface area (Å²) in [4.78, 5) is 0. The Labute approximate surface area is 110 Å². The molecule has 2 aromatic rings. The molecule has 2 rings (SSSR count). The fourth-order valence-corrected chi connectivity index (χ4v) is 1.68. The molecule has 0 radical (unpaired) electrons. The number of anilines is 1. The van der Waals surface area contributed by atoms with Crippen LogP contribution in [0.2, 0.25) is 10.0 Å². The van der Waals surface area contributed by atoms with Gasteiger partial charge in [0.05, 0.1) is 16.2 Å². The first kappa shape index (κ1) is 12.0. The lowest BCUT2D eigenvalue weighted by molar-refractivity contribution is 0.936. The maximum atomic E-state index is 5.92. The van der Waals surface area contributed by atoms with Crippen LogP contribution in [0.4, 0.5) is 5.69 Å². The number of nitrogens with zero attached hydrogens (tertiary/aromatic N) is 2. The Morgan fingerprint density at radius 1 is 1.35 bits per heavy atom. The molecular weight excluding hydrogens is 257 g/mol. The predicted molar refractivity (Wildman–Crippen MR) is 72.4 cm³/mol. The number of nitrogens with one attached hydrogen (secondary N) is 1. The molecule has 0 aliphatic rings. The molecule has 0 saturated heterocycles. The molecule has 0 aliphatic carbocycles. The van der Waals surface area contributed by atoms with Crippen molar-refractivity contribution in [1.82, 2.24) is 9.78 Å². The Hall–Kier alpha value is -1.45.